The number of anilines is 2. The summed E-state index contributed by atoms with van der Waals surface area (Å²) in [5.41, 5.74) is 1.64. The first kappa shape index (κ1) is 25.5. The third-order valence-electron chi connectivity index (χ3n) is 5.56. The number of carbonyl (C=O) groups is 2. The highest BCUT2D eigenvalue weighted by molar-refractivity contribution is 6.34. The zero-order chi connectivity index (χ0) is 24.5. The Morgan fingerprint density at radius 1 is 1.09 bits per heavy atom. The normalized spacial score (nSPS) is 13.4. The summed E-state index contributed by atoms with van der Waals surface area (Å²) in [6.07, 6.45) is 3.99. The molecule has 34 heavy (non-hydrogen) atoms. The highest BCUT2D eigenvalue weighted by Gasteiger charge is 2.21. The third-order valence-corrected chi connectivity index (χ3v) is 5.87. The van der Waals surface area contributed by atoms with E-state index < -0.39 is 10.8 Å². The van der Waals surface area contributed by atoms with Gasteiger partial charge in [0.25, 0.3) is 17.5 Å². The van der Waals surface area contributed by atoms with Crippen molar-refractivity contribution in [2.45, 2.75) is 32.6 Å². The summed E-state index contributed by atoms with van der Waals surface area (Å²) >= 11 is 6.09. The molecule has 0 aliphatic carbocycles. The standard InChI is InChI=1S/C24H29ClN4O5/c1-2-34-14-6-11-26-23(30)20-15-17(7-10-22(20)28-12-4-3-5-13-28)27-24(31)19-9-8-18(29(32)33)16-21(19)25/h7-10,15-16H,2-6,11-14H2,1H3,(H,26,30)(H,27,31). The maximum Gasteiger partial charge on any atom is 0.270 e. The lowest BCUT2D eigenvalue weighted by Gasteiger charge is -2.30. The summed E-state index contributed by atoms with van der Waals surface area (Å²) in [6.45, 7) is 5.35. The molecular weight excluding hydrogens is 460 g/mol. The van der Waals surface area contributed by atoms with Crippen LogP contribution in [-0.4, -0.2) is 49.6 Å². The number of rotatable bonds is 10. The van der Waals surface area contributed by atoms with Gasteiger partial charge >= 0.3 is 0 Å². The molecule has 2 aromatic rings. The molecule has 0 unspecified atom stereocenters. The number of benzene rings is 2. The van der Waals surface area contributed by atoms with Gasteiger partial charge in [-0.1, -0.05) is 11.6 Å². The first-order valence-corrected chi connectivity index (χ1v) is 11.8. The Bertz CT molecular complexity index is 1040. The molecule has 9 nitrogen and oxygen atoms in total. The molecule has 0 spiro atoms. The fourth-order valence-corrected chi connectivity index (χ4v) is 4.08. The van der Waals surface area contributed by atoms with Crippen molar-refractivity contribution in [1.82, 2.24) is 5.32 Å². The number of hydrogen-bond acceptors (Lipinski definition) is 6. The number of ether oxygens (including phenoxy) is 1. The number of hydrogen-bond donors (Lipinski definition) is 2. The second-order valence-electron chi connectivity index (χ2n) is 7.96. The van der Waals surface area contributed by atoms with Gasteiger partial charge in [-0.3, -0.25) is 19.7 Å². The van der Waals surface area contributed by atoms with Crippen LogP contribution >= 0.6 is 11.6 Å². The van der Waals surface area contributed by atoms with Crippen molar-refractivity contribution >= 4 is 40.5 Å². The van der Waals surface area contributed by atoms with Crippen molar-refractivity contribution in [1.29, 1.82) is 0 Å². The number of nitro groups is 1. The maximum absolute atomic E-state index is 13.0. The van der Waals surface area contributed by atoms with Gasteiger partial charge in [0.15, 0.2) is 0 Å². The monoisotopic (exact) mass is 488 g/mol. The molecule has 1 aliphatic heterocycles. The Morgan fingerprint density at radius 2 is 1.85 bits per heavy atom. The largest absolute Gasteiger partial charge is 0.382 e. The van der Waals surface area contributed by atoms with Crippen LogP contribution < -0.4 is 15.5 Å². The van der Waals surface area contributed by atoms with E-state index in [1.807, 2.05) is 13.0 Å². The lowest BCUT2D eigenvalue weighted by atomic mass is 10.1. The van der Waals surface area contributed by atoms with Crippen molar-refractivity contribution in [3.63, 3.8) is 0 Å². The highest BCUT2D eigenvalue weighted by Crippen LogP contribution is 2.28. The van der Waals surface area contributed by atoms with Gasteiger partial charge in [-0.2, -0.15) is 0 Å². The molecule has 1 aliphatic rings. The van der Waals surface area contributed by atoms with Crippen molar-refractivity contribution in [2.75, 3.05) is 43.1 Å². The topological polar surface area (TPSA) is 114 Å². The zero-order valence-electron chi connectivity index (χ0n) is 19.1. The molecule has 1 fully saturated rings. The summed E-state index contributed by atoms with van der Waals surface area (Å²) < 4.78 is 5.32. The van der Waals surface area contributed by atoms with Gasteiger partial charge in [-0.05, 0) is 56.9 Å². The van der Waals surface area contributed by atoms with Gasteiger partial charge in [-0.25, -0.2) is 0 Å². The smallest absolute Gasteiger partial charge is 0.270 e. The molecule has 3 rings (SSSR count). The number of amides is 2. The van der Waals surface area contributed by atoms with Crippen LogP contribution in [0.4, 0.5) is 17.1 Å². The minimum Gasteiger partial charge on any atom is -0.382 e. The minimum atomic E-state index is -0.577. The Kier molecular flexibility index (Phi) is 9.24. The Morgan fingerprint density at radius 3 is 2.53 bits per heavy atom. The second kappa shape index (κ2) is 12.3. The maximum atomic E-state index is 13.0. The molecule has 182 valence electrons. The Balaban J connectivity index is 1.79. The van der Waals surface area contributed by atoms with Crippen molar-refractivity contribution in [2.24, 2.45) is 0 Å². The van der Waals surface area contributed by atoms with Crippen molar-refractivity contribution in [3.05, 3.63) is 62.7 Å². The molecule has 0 saturated carbocycles. The number of carbonyl (C=O) groups excluding carboxylic acids is 2. The van der Waals surface area contributed by atoms with E-state index in [-0.39, 0.29) is 22.2 Å². The van der Waals surface area contributed by atoms with Gasteiger partial charge in [0.2, 0.25) is 0 Å². The van der Waals surface area contributed by atoms with Crippen LogP contribution in [0.5, 0.6) is 0 Å². The van der Waals surface area contributed by atoms with Crippen LogP contribution in [0, 0.1) is 10.1 Å². The van der Waals surface area contributed by atoms with Crippen molar-refractivity contribution in [3.8, 4) is 0 Å². The molecule has 2 aromatic carbocycles. The van der Waals surface area contributed by atoms with E-state index in [1.165, 1.54) is 18.6 Å². The molecule has 1 saturated heterocycles. The van der Waals surface area contributed by atoms with E-state index in [9.17, 15) is 19.7 Å². The first-order valence-electron chi connectivity index (χ1n) is 11.4. The molecule has 2 amide bonds. The SMILES string of the molecule is CCOCCCNC(=O)c1cc(NC(=O)c2ccc([N+](=O)[O-])cc2Cl)ccc1N1CCCCC1. The number of piperidine rings is 1. The predicted octanol–water partition coefficient (Wildman–Crippen LogP) is 4.65. The lowest BCUT2D eigenvalue weighted by molar-refractivity contribution is -0.384. The number of halogens is 1. The van der Waals surface area contributed by atoms with Gasteiger partial charge < -0.3 is 20.3 Å². The molecule has 0 bridgehead atoms. The van der Waals surface area contributed by atoms with Crippen LogP contribution in [-0.2, 0) is 4.74 Å². The fourth-order valence-electron chi connectivity index (χ4n) is 3.82. The van der Waals surface area contributed by atoms with Crippen LogP contribution in [0.1, 0.15) is 53.3 Å². The lowest BCUT2D eigenvalue weighted by Crippen LogP contribution is -2.33. The van der Waals surface area contributed by atoms with E-state index in [1.54, 1.807) is 12.1 Å². The second-order valence-corrected chi connectivity index (χ2v) is 8.37. The number of nitrogens with one attached hydrogen (secondary N) is 2. The zero-order valence-corrected chi connectivity index (χ0v) is 19.9. The van der Waals surface area contributed by atoms with Gasteiger partial charge in [-0.15, -0.1) is 0 Å². The molecule has 0 aromatic heterocycles. The van der Waals surface area contributed by atoms with Crippen LogP contribution in [0.3, 0.4) is 0 Å². The van der Waals surface area contributed by atoms with Crippen LogP contribution in [0.2, 0.25) is 5.02 Å². The average Bonchev–Trinajstić information content (AvgIpc) is 2.84. The van der Waals surface area contributed by atoms with Gasteiger partial charge in [0.1, 0.15) is 0 Å². The molecule has 1 heterocycles. The van der Waals surface area contributed by atoms with E-state index in [0.29, 0.717) is 37.4 Å². The molecule has 2 N–H and O–H groups in total. The number of non-ortho nitro benzene ring substituents is 1. The summed E-state index contributed by atoms with van der Waals surface area (Å²) in [5, 5.41) is 16.6. The Hall–Kier alpha value is -3.17. The summed E-state index contributed by atoms with van der Waals surface area (Å²) in [6, 6.07) is 8.90. The molecule has 0 radical (unpaired) electrons. The average molecular weight is 489 g/mol. The van der Waals surface area contributed by atoms with Crippen LogP contribution in [0.25, 0.3) is 0 Å². The fraction of sp³-hybridized carbons (Fsp3) is 0.417. The van der Waals surface area contributed by atoms with E-state index in [2.05, 4.69) is 15.5 Å². The first-order chi connectivity index (χ1) is 16.4. The quantitative estimate of drug-likeness (QED) is 0.286. The Labute approximate surface area is 203 Å². The minimum absolute atomic E-state index is 0.0242. The van der Waals surface area contributed by atoms with Crippen LogP contribution in [0.15, 0.2) is 36.4 Å². The van der Waals surface area contributed by atoms with Crippen molar-refractivity contribution < 1.29 is 19.2 Å². The molecular formula is C24H29ClN4O5. The molecule has 10 heteroatoms. The van der Waals surface area contributed by atoms with E-state index >= 15 is 0 Å². The number of nitrogens with zero attached hydrogens (tertiary/aromatic N) is 2. The van der Waals surface area contributed by atoms with E-state index in [4.69, 9.17) is 16.3 Å². The highest BCUT2D eigenvalue weighted by atomic mass is 35.5. The van der Waals surface area contributed by atoms with E-state index in [0.717, 1.165) is 37.7 Å². The predicted molar refractivity (Wildman–Crippen MR) is 132 cm³/mol. The molecule has 0 atom stereocenters. The summed E-state index contributed by atoms with van der Waals surface area (Å²) in [7, 11) is 0. The summed E-state index contributed by atoms with van der Waals surface area (Å²) in [4.78, 5) is 38.3. The van der Waals surface area contributed by atoms with Gasteiger partial charge in [0, 0.05) is 56.4 Å². The number of nitro benzene ring substituents is 1. The summed E-state index contributed by atoms with van der Waals surface area (Å²) in [5.74, 6) is -0.741. The van der Waals surface area contributed by atoms with Gasteiger partial charge in [0.05, 0.1) is 21.1 Å². The third kappa shape index (κ3) is 6.68.